The van der Waals surface area contributed by atoms with Crippen LogP contribution in [0.5, 0.6) is 0 Å². The summed E-state index contributed by atoms with van der Waals surface area (Å²) in [6.45, 7) is 4.01. The van der Waals surface area contributed by atoms with Crippen LogP contribution in [-0.2, 0) is 6.54 Å². The van der Waals surface area contributed by atoms with Crippen LogP contribution in [0.3, 0.4) is 0 Å². The predicted molar refractivity (Wildman–Crippen MR) is 86.0 cm³/mol. The first-order chi connectivity index (χ1) is 8.70. The molecule has 96 valence electrons. The van der Waals surface area contributed by atoms with E-state index in [-0.39, 0.29) is 0 Å². The van der Waals surface area contributed by atoms with Crippen LogP contribution in [-0.4, -0.2) is 16.3 Å². The van der Waals surface area contributed by atoms with E-state index in [0.29, 0.717) is 0 Å². The highest BCUT2D eigenvalue weighted by atomic mass is 127. The summed E-state index contributed by atoms with van der Waals surface area (Å²) in [7, 11) is 0. The van der Waals surface area contributed by atoms with E-state index >= 15 is 0 Å². The summed E-state index contributed by atoms with van der Waals surface area (Å²) in [4.78, 5) is 0. The molecule has 0 atom stereocenters. The Morgan fingerprint density at radius 2 is 2.22 bits per heavy atom. The van der Waals surface area contributed by atoms with Crippen LogP contribution >= 0.6 is 38.5 Å². The lowest BCUT2D eigenvalue weighted by Gasteiger charge is -2.05. The largest absolute Gasteiger partial charge is 0.311 e. The van der Waals surface area contributed by atoms with Crippen LogP contribution in [0.1, 0.15) is 19.0 Å². The minimum atomic E-state index is 0.822. The van der Waals surface area contributed by atoms with Gasteiger partial charge in [-0.1, -0.05) is 6.92 Å². The van der Waals surface area contributed by atoms with Gasteiger partial charge in [0.05, 0.1) is 11.4 Å². The Balaban J connectivity index is 2.16. The van der Waals surface area contributed by atoms with Gasteiger partial charge in [-0.05, 0) is 75.8 Å². The highest BCUT2D eigenvalue weighted by molar-refractivity contribution is 14.1. The average Bonchev–Trinajstić information content (AvgIpc) is 2.81. The number of aromatic nitrogens is 2. The standard InChI is InChI=1S/C13H15BrIN3/c1-2-6-16-9-11-5-7-18(17-11)13-8-10(15)3-4-12(13)14/h3-5,7-8,16H,2,6,9H2,1H3. The van der Waals surface area contributed by atoms with Gasteiger partial charge in [0.1, 0.15) is 0 Å². The molecule has 2 rings (SSSR count). The number of hydrogen-bond acceptors (Lipinski definition) is 2. The number of benzene rings is 1. The van der Waals surface area contributed by atoms with Gasteiger partial charge in [0.2, 0.25) is 0 Å². The molecule has 5 heteroatoms. The molecule has 0 aliphatic carbocycles. The lowest BCUT2D eigenvalue weighted by molar-refractivity contribution is 0.656. The molecule has 0 spiro atoms. The molecule has 0 amide bonds. The molecule has 1 N–H and O–H groups in total. The zero-order chi connectivity index (χ0) is 13.0. The normalized spacial score (nSPS) is 10.8. The molecule has 0 radical (unpaired) electrons. The first-order valence-electron chi connectivity index (χ1n) is 5.91. The molecule has 0 aliphatic rings. The highest BCUT2D eigenvalue weighted by Gasteiger charge is 2.05. The van der Waals surface area contributed by atoms with Crippen molar-refractivity contribution < 1.29 is 0 Å². The molecule has 18 heavy (non-hydrogen) atoms. The maximum atomic E-state index is 4.58. The molecule has 0 fully saturated rings. The van der Waals surface area contributed by atoms with Crippen LogP contribution in [0, 0.1) is 3.57 Å². The van der Waals surface area contributed by atoms with Crippen LogP contribution < -0.4 is 5.32 Å². The van der Waals surface area contributed by atoms with E-state index in [9.17, 15) is 0 Å². The van der Waals surface area contributed by atoms with Gasteiger partial charge in [0, 0.05) is 20.8 Å². The molecule has 1 aromatic carbocycles. The quantitative estimate of drug-likeness (QED) is 0.591. The van der Waals surface area contributed by atoms with Crippen LogP contribution in [0.2, 0.25) is 0 Å². The Labute approximate surface area is 129 Å². The van der Waals surface area contributed by atoms with Gasteiger partial charge in [-0.2, -0.15) is 5.10 Å². The Kier molecular flexibility index (Phi) is 5.20. The zero-order valence-electron chi connectivity index (χ0n) is 10.2. The molecule has 1 heterocycles. The molecule has 0 bridgehead atoms. The topological polar surface area (TPSA) is 29.9 Å². The fourth-order valence-electron chi connectivity index (χ4n) is 1.64. The molecule has 2 aromatic rings. The van der Waals surface area contributed by atoms with Crippen molar-refractivity contribution in [2.75, 3.05) is 6.54 Å². The van der Waals surface area contributed by atoms with E-state index < -0.39 is 0 Å². The maximum absolute atomic E-state index is 4.58. The summed E-state index contributed by atoms with van der Waals surface area (Å²) in [6, 6.07) is 8.28. The van der Waals surface area contributed by atoms with Gasteiger partial charge in [-0.25, -0.2) is 4.68 Å². The summed E-state index contributed by atoms with van der Waals surface area (Å²) >= 11 is 5.87. The van der Waals surface area contributed by atoms with Crippen LogP contribution in [0.25, 0.3) is 5.69 Å². The lowest BCUT2D eigenvalue weighted by Crippen LogP contribution is -2.14. The van der Waals surface area contributed by atoms with E-state index in [1.54, 1.807) is 0 Å². The monoisotopic (exact) mass is 419 g/mol. The van der Waals surface area contributed by atoms with Crippen molar-refractivity contribution in [1.82, 2.24) is 15.1 Å². The van der Waals surface area contributed by atoms with Crippen molar-refractivity contribution in [2.24, 2.45) is 0 Å². The third kappa shape index (κ3) is 3.55. The van der Waals surface area contributed by atoms with Crippen LogP contribution in [0.15, 0.2) is 34.9 Å². The van der Waals surface area contributed by atoms with Gasteiger partial charge in [-0.3, -0.25) is 0 Å². The second kappa shape index (κ2) is 6.68. The maximum Gasteiger partial charge on any atom is 0.0798 e. The van der Waals surface area contributed by atoms with Crippen LogP contribution in [0.4, 0.5) is 0 Å². The molecule has 0 saturated carbocycles. The number of halogens is 2. The Bertz CT molecular complexity index is 525. The molecule has 0 unspecified atom stereocenters. The number of rotatable bonds is 5. The smallest absolute Gasteiger partial charge is 0.0798 e. The second-order valence-electron chi connectivity index (χ2n) is 4.02. The van der Waals surface area contributed by atoms with Gasteiger partial charge in [-0.15, -0.1) is 0 Å². The van der Waals surface area contributed by atoms with Gasteiger partial charge < -0.3 is 5.32 Å². The highest BCUT2D eigenvalue weighted by Crippen LogP contribution is 2.22. The third-order valence-electron chi connectivity index (χ3n) is 2.53. The zero-order valence-corrected chi connectivity index (χ0v) is 13.9. The molecule has 3 nitrogen and oxygen atoms in total. The molecular weight excluding hydrogens is 405 g/mol. The molecule has 1 aromatic heterocycles. The first-order valence-corrected chi connectivity index (χ1v) is 7.78. The number of hydrogen-bond donors (Lipinski definition) is 1. The van der Waals surface area contributed by atoms with Gasteiger partial charge in [0.15, 0.2) is 0 Å². The van der Waals surface area contributed by atoms with Gasteiger partial charge >= 0.3 is 0 Å². The Morgan fingerprint density at radius 3 is 3.00 bits per heavy atom. The first kappa shape index (κ1) is 14.0. The van der Waals surface area contributed by atoms with Gasteiger partial charge in [0.25, 0.3) is 0 Å². The van der Waals surface area contributed by atoms with Crippen molar-refractivity contribution in [3.8, 4) is 5.69 Å². The number of nitrogens with zero attached hydrogens (tertiary/aromatic N) is 2. The Hall–Kier alpha value is -0.400. The molecule has 0 saturated heterocycles. The summed E-state index contributed by atoms with van der Waals surface area (Å²) < 4.78 is 4.17. The van der Waals surface area contributed by atoms with Crippen molar-refractivity contribution in [3.05, 3.63) is 44.2 Å². The summed E-state index contributed by atoms with van der Waals surface area (Å²) in [5.41, 5.74) is 2.14. The van der Waals surface area contributed by atoms with Crippen molar-refractivity contribution >= 4 is 38.5 Å². The predicted octanol–water partition coefficient (Wildman–Crippen LogP) is 3.74. The number of nitrogens with one attached hydrogen (secondary N) is 1. The lowest BCUT2D eigenvalue weighted by atomic mass is 10.3. The summed E-state index contributed by atoms with van der Waals surface area (Å²) in [5, 5.41) is 7.93. The van der Waals surface area contributed by atoms with E-state index in [1.807, 2.05) is 16.9 Å². The minimum Gasteiger partial charge on any atom is -0.311 e. The minimum absolute atomic E-state index is 0.822. The van der Waals surface area contributed by atoms with E-state index in [1.165, 1.54) is 3.57 Å². The van der Waals surface area contributed by atoms with E-state index in [0.717, 1.165) is 35.4 Å². The average molecular weight is 420 g/mol. The second-order valence-corrected chi connectivity index (χ2v) is 6.12. The third-order valence-corrected chi connectivity index (χ3v) is 3.87. The fourth-order valence-corrected chi connectivity index (χ4v) is 2.55. The molecule has 0 aliphatic heterocycles. The van der Waals surface area contributed by atoms with Crippen molar-refractivity contribution in [2.45, 2.75) is 19.9 Å². The Morgan fingerprint density at radius 1 is 1.39 bits per heavy atom. The van der Waals surface area contributed by atoms with Crippen molar-refractivity contribution in [1.29, 1.82) is 0 Å². The SMILES string of the molecule is CCCNCc1ccn(-c2cc(I)ccc2Br)n1. The molecular formula is C13H15BrIN3. The van der Waals surface area contributed by atoms with Crippen molar-refractivity contribution in [3.63, 3.8) is 0 Å². The summed E-state index contributed by atoms with van der Waals surface area (Å²) in [5.74, 6) is 0. The van der Waals surface area contributed by atoms with E-state index in [4.69, 9.17) is 0 Å². The van der Waals surface area contributed by atoms with E-state index in [2.05, 4.69) is 74.1 Å². The summed E-state index contributed by atoms with van der Waals surface area (Å²) in [6.07, 6.45) is 3.14. The fraction of sp³-hybridized carbons (Fsp3) is 0.308.